The molecule has 1 heterocycles. The highest BCUT2D eigenvalue weighted by Crippen LogP contribution is 2.45. The van der Waals surface area contributed by atoms with E-state index in [1.54, 1.807) is 0 Å². The Hall–Kier alpha value is -0.610. The van der Waals surface area contributed by atoms with Gasteiger partial charge in [-0.15, -0.1) is 0 Å². The van der Waals surface area contributed by atoms with E-state index in [9.17, 15) is 4.79 Å². The third kappa shape index (κ3) is 2.86. The molecule has 1 saturated heterocycles. The molecular weight excluding hydrogens is 252 g/mol. The zero-order chi connectivity index (χ0) is 14.9. The fourth-order valence-corrected chi connectivity index (χ4v) is 3.96. The summed E-state index contributed by atoms with van der Waals surface area (Å²) in [6.45, 7) is 8.49. The molecule has 4 unspecified atom stereocenters. The molecule has 0 spiro atoms. The smallest absolute Gasteiger partial charge is 0.226 e. The summed E-state index contributed by atoms with van der Waals surface area (Å²) in [5, 5.41) is 9.03. The van der Waals surface area contributed by atoms with Crippen molar-refractivity contribution in [3.63, 3.8) is 0 Å². The van der Waals surface area contributed by atoms with Gasteiger partial charge in [-0.25, -0.2) is 0 Å². The number of rotatable bonds is 3. The van der Waals surface area contributed by atoms with Crippen LogP contribution in [0, 0.1) is 23.2 Å². The van der Waals surface area contributed by atoms with Gasteiger partial charge in [0.15, 0.2) is 0 Å². The number of hydrogen-bond acceptors (Lipinski definition) is 3. The number of carbonyl (C=O) groups is 1. The average Bonchev–Trinajstić information content (AvgIpc) is 2.85. The fourth-order valence-electron chi connectivity index (χ4n) is 3.96. The van der Waals surface area contributed by atoms with Gasteiger partial charge in [-0.1, -0.05) is 20.8 Å². The van der Waals surface area contributed by atoms with Crippen LogP contribution in [0.2, 0.25) is 0 Å². The number of amides is 1. The minimum Gasteiger partial charge on any atom is -0.396 e. The number of aliphatic hydroxyl groups excluding tert-OH is 1. The SMILES string of the molecule is CC1C(N)CCC(C(=O)N2CCC(CCO)C2)C1(C)C. The highest BCUT2D eigenvalue weighted by Gasteiger charge is 2.46. The van der Waals surface area contributed by atoms with Crippen molar-refractivity contribution in [3.8, 4) is 0 Å². The van der Waals surface area contributed by atoms with Gasteiger partial charge in [-0.2, -0.15) is 0 Å². The maximum absolute atomic E-state index is 12.8. The number of nitrogens with zero attached hydrogens (tertiary/aromatic N) is 1. The Labute approximate surface area is 122 Å². The normalized spacial score (nSPS) is 37.1. The molecule has 2 rings (SSSR count). The van der Waals surface area contributed by atoms with Gasteiger partial charge < -0.3 is 15.7 Å². The molecule has 4 nitrogen and oxygen atoms in total. The summed E-state index contributed by atoms with van der Waals surface area (Å²) < 4.78 is 0. The lowest BCUT2D eigenvalue weighted by atomic mass is 9.60. The molecule has 4 heteroatoms. The molecule has 1 amide bonds. The predicted octanol–water partition coefficient (Wildman–Crippen LogP) is 1.62. The first-order valence-corrected chi connectivity index (χ1v) is 8.03. The molecule has 116 valence electrons. The fraction of sp³-hybridized carbons (Fsp3) is 0.938. The summed E-state index contributed by atoms with van der Waals surface area (Å²) in [5.41, 5.74) is 6.15. The third-order valence-electron chi connectivity index (χ3n) is 5.94. The summed E-state index contributed by atoms with van der Waals surface area (Å²) in [6.07, 6.45) is 3.72. The van der Waals surface area contributed by atoms with Gasteiger partial charge >= 0.3 is 0 Å². The average molecular weight is 282 g/mol. The van der Waals surface area contributed by atoms with Crippen LogP contribution in [-0.4, -0.2) is 41.7 Å². The first-order chi connectivity index (χ1) is 9.37. The van der Waals surface area contributed by atoms with Crippen molar-refractivity contribution in [2.45, 2.75) is 52.5 Å². The quantitative estimate of drug-likeness (QED) is 0.826. The van der Waals surface area contributed by atoms with Crippen molar-refractivity contribution >= 4 is 5.91 Å². The van der Waals surface area contributed by atoms with Gasteiger partial charge in [0.1, 0.15) is 0 Å². The maximum Gasteiger partial charge on any atom is 0.226 e. The van der Waals surface area contributed by atoms with Crippen molar-refractivity contribution in [2.75, 3.05) is 19.7 Å². The van der Waals surface area contributed by atoms with E-state index in [1.807, 2.05) is 4.90 Å². The van der Waals surface area contributed by atoms with E-state index in [0.29, 0.717) is 17.7 Å². The topological polar surface area (TPSA) is 66.6 Å². The van der Waals surface area contributed by atoms with Crippen molar-refractivity contribution in [2.24, 2.45) is 28.9 Å². The number of likely N-dealkylation sites (tertiary alicyclic amines) is 1. The maximum atomic E-state index is 12.8. The minimum absolute atomic E-state index is 0.0240. The van der Waals surface area contributed by atoms with Crippen LogP contribution < -0.4 is 5.73 Å². The van der Waals surface area contributed by atoms with Crippen LogP contribution in [0.15, 0.2) is 0 Å². The number of hydrogen-bond donors (Lipinski definition) is 2. The molecule has 20 heavy (non-hydrogen) atoms. The van der Waals surface area contributed by atoms with E-state index in [4.69, 9.17) is 10.8 Å². The Bertz CT molecular complexity index is 356. The summed E-state index contributed by atoms with van der Waals surface area (Å²) in [6, 6.07) is 0.217. The molecule has 4 atom stereocenters. The van der Waals surface area contributed by atoms with Crippen molar-refractivity contribution in [1.29, 1.82) is 0 Å². The van der Waals surface area contributed by atoms with Gasteiger partial charge in [0.25, 0.3) is 0 Å². The first-order valence-electron chi connectivity index (χ1n) is 8.03. The van der Waals surface area contributed by atoms with E-state index in [2.05, 4.69) is 20.8 Å². The zero-order valence-electron chi connectivity index (χ0n) is 13.1. The summed E-state index contributed by atoms with van der Waals surface area (Å²) in [5.74, 6) is 1.27. The summed E-state index contributed by atoms with van der Waals surface area (Å²) in [4.78, 5) is 14.9. The van der Waals surface area contributed by atoms with Crippen LogP contribution in [0.1, 0.15) is 46.5 Å². The molecule has 0 aromatic rings. The number of nitrogens with two attached hydrogens (primary N) is 1. The monoisotopic (exact) mass is 282 g/mol. The molecule has 0 aromatic carbocycles. The third-order valence-corrected chi connectivity index (χ3v) is 5.94. The van der Waals surface area contributed by atoms with Crippen LogP contribution >= 0.6 is 0 Å². The van der Waals surface area contributed by atoms with Gasteiger partial charge in [0.05, 0.1) is 0 Å². The highest BCUT2D eigenvalue weighted by atomic mass is 16.3. The molecule has 2 aliphatic rings. The summed E-state index contributed by atoms with van der Waals surface area (Å²) in [7, 11) is 0. The zero-order valence-corrected chi connectivity index (χ0v) is 13.1. The molecule has 0 aromatic heterocycles. The Kier molecular flexibility index (Phi) is 4.75. The van der Waals surface area contributed by atoms with E-state index >= 15 is 0 Å². The first kappa shape index (κ1) is 15.8. The molecule has 1 aliphatic heterocycles. The Morgan fingerprint density at radius 1 is 1.35 bits per heavy atom. The molecule has 0 radical (unpaired) electrons. The highest BCUT2D eigenvalue weighted by molar-refractivity contribution is 5.80. The second kappa shape index (κ2) is 6.02. The van der Waals surface area contributed by atoms with Gasteiger partial charge in [-0.05, 0) is 42.9 Å². The van der Waals surface area contributed by atoms with Crippen molar-refractivity contribution in [3.05, 3.63) is 0 Å². The van der Waals surface area contributed by atoms with Gasteiger partial charge in [-0.3, -0.25) is 4.79 Å². The molecule has 1 aliphatic carbocycles. The minimum atomic E-state index is -0.0240. The van der Waals surface area contributed by atoms with Crippen molar-refractivity contribution < 1.29 is 9.90 Å². The van der Waals surface area contributed by atoms with Crippen LogP contribution in [0.3, 0.4) is 0 Å². The standard InChI is InChI=1S/C16H30N2O2/c1-11-14(17)5-4-13(16(11,2)3)15(20)18-8-6-12(10-18)7-9-19/h11-14,19H,4-10,17H2,1-3H3. The van der Waals surface area contributed by atoms with E-state index in [1.165, 1.54) is 0 Å². The Morgan fingerprint density at radius 2 is 2.05 bits per heavy atom. The second-order valence-electron chi connectivity index (χ2n) is 7.36. The van der Waals surface area contributed by atoms with Gasteiger partial charge in [0, 0.05) is 31.7 Å². The second-order valence-corrected chi connectivity index (χ2v) is 7.36. The molecule has 2 fully saturated rings. The van der Waals surface area contributed by atoms with Gasteiger partial charge in [0.2, 0.25) is 5.91 Å². The van der Waals surface area contributed by atoms with Crippen LogP contribution in [0.4, 0.5) is 0 Å². The largest absolute Gasteiger partial charge is 0.396 e. The lowest BCUT2D eigenvalue weighted by Crippen LogP contribution is -2.52. The van der Waals surface area contributed by atoms with E-state index in [-0.39, 0.29) is 24.0 Å². The molecular formula is C16H30N2O2. The molecule has 3 N–H and O–H groups in total. The lowest BCUT2D eigenvalue weighted by Gasteiger charge is -2.47. The van der Waals surface area contributed by atoms with Crippen molar-refractivity contribution in [1.82, 2.24) is 4.90 Å². The lowest BCUT2D eigenvalue weighted by molar-refractivity contribution is -0.142. The predicted molar refractivity (Wildman–Crippen MR) is 80.0 cm³/mol. The molecule has 1 saturated carbocycles. The summed E-state index contributed by atoms with van der Waals surface area (Å²) >= 11 is 0. The number of aliphatic hydroxyl groups is 1. The van der Waals surface area contributed by atoms with E-state index < -0.39 is 0 Å². The molecule has 0 bridgehead atoms. The van der Waals surface area contributed by atoms with E-state index in [0.717, 1.165) is 38.8 Å². The number of carbonyl (C=O) groups excluding carboxylic acids is 1. The Balaban J connectivity index is 2.02. The Morgan fingerprint density at radius 3 is 2.70 bits per heavy atom. The van der Waals surface area contributed by atoms with Crippen LogP contribution in [0.25, 0.3) is 0 Å². The van der Waals surface area contributed by atoms with Crippen LogP contribution in [-0.2, 0) is 4.79 Å². The van der Waals surface area contributed by atoms with Crippen LogP contribution in [0.5, 0.6) is 0 Å².